The van der Waals surface area contributed by atoms with E-state index in [1.54, 1.807) is 6.20 Å². The van der Waals surface area contributed by atoms with Gasteiger partial charge >= 0.3 is 0 Å². The number of hydrogen-bond acceptors (Lipinski definition) is 3. The molecule has 0 unspecified atom stereocenters. The molecule has 0 spiro atoms. The van der Waals surface area contributed by atoms with Crippen molar-refractivity contribution < 1.29 is 0 Å². The second-order valence-corrected chi connectivity index (χ2v) is 5.41. The van der Waals surface area contributed by atoms with Gasteiger partial charge in [-0.15, -0.1) is 0 Å². The topological polar surface area (TPSA) is 38.7 Å². The van der Waals surface area contributed by atoms with Crippen LogP contribution >= 0.6 is 15.9 Å². The van der Waals surface area contributed by atoms with Crippen LogP contribution in [0.4, 0.5) is 0 Å². The van der Waals surface area contributed by atoms with Gasteiger partial charge in [-0.1, -0.05) is 15.9 Å². The van der Waals surface area contributed by atoms with Crippen LogP contribution in [-0.2, 0) is 0 Å². The van der Waals surface area contributed by atoms with Gasteiger partial charge in [0.15, 0.2) is 5.82 Å². The van der Waals surface area contributed by atoms with Crippen LogP contribution in [-0.4, -0.2) is 15.0 Å². The molecule has 0 N–H and O–H groups in total. The number of rotatable bonds is 2. The lowest BCUT2D eigenvalue weighted by Crippen LogP contribution is -1.88. The van der Waals surface area contributed by atoms with Gasteiger partial charge in [0.25, 0.3) is 0 Å². The van der Waals surface area contributed by atoms with Crippen molar-refractivity contribution in [3.63, 3.8) is 0 Å². The average molecular weight is 326 g/mol. The van der Waals surface area contributed by atoms with Crippen molar-refractivity contribution in [2.75, 3.05) is 0 Å². The van der Waals surface area contributed by atoms with E-state index in [4.69, 9.17) is 0 Å². The Bertz CT molecular complexity index is 797. The fourth-order valence-corrected chi connectivity index (χ4v) is 2.31. The predicted octanol–water partition coefficient (Wildman–Crippen LogP) is 4.27. The number of fused-ring (bicyclic) bond motifs is 1. The van der Waals surface area contributed by atoms with Gasteiger partial charge in [-0.3, -0.25) is 4.98 Å². The lowest BCUT2D eigenvalue weighted by Gasteiger charge is -2.00. The zero-order valence-electron chi connectivity index (χ0n) is 10.9. The number of halogens is 1. The average Bonchev–Trinajstić information content (AvgIpc) is 2.45. The Morgan fingerprint density at radius 2 is 1.95 bits per heavy atom. The molecule has 0 aliphatic heterocycles. The minimum Gasteiger partial charge on any atom is -0.256 e. The molecule has 0 saturated carbocycles. The van der Waals surface area contributed by atoms with E-state index in [0.29, 0.717) is 5.82 Å². The number of pyridine rings is 1. The van der Waals surface area contributed by atoms with E-state index < -0.39 is 0 Å². The van der Waals surface area contributed by atoms with E-state index in [2.05, 4.69) is 43.0 Å². The maximum Gasteiger partial charge on any atom is 0.152 e. The van der Waals surface area contributed by atoms with Gasteiger partial charge in [-0.05, 0) is 55.0 Å². The summed E-state index contributed by atoms with van der Waals surface area (Å²) < 4.78 is 1.05. The molecule has 3 nitrogen and oxygen atoms in total. The van der Waals surface area contributed by atoms with Crippen LogP contribution in [0.25, 0.3) is 23.1 Å². The fraction of sp³-hybridized carbons (Fsp3) is 0.0625. The highest BCUT2D eigenvalue weighted by Gasteiger charge is 1.97. The zero-order chi connectivity index (χ0) is 13.9. The maximum absolute atomic E-state index is 4.44. The highest BCUT2D eigenvalue weighted by Crippen LogP contribution is 2.19. The lowest BCUT2D eigenvalue weighted by molar-refractivity contribution is 1.08. The number of aromatic nitrogens is 3. The quantitative estimate of drug-likeness (QED) is 0.706. The second kappa shape index (κ2) is 5.51. The summed E-state index contributed by atoms with van der Waals surface area (Å²) in [5.41, 5.74) is 2.97. The lowest BCUT2D eigenvalue weighted by atomic mass is 10.1. The van der Waals surface area contributed by atoms with Crippen molar-refractivity contribution in [1.29, 1.82) is 0 Å². The van der Waals surface area contributed by atoms with Gasteiger partial charge in [0, 0.05) is 27.9 Å². The summed E-state index contributed by atoms with van der Waals surface area (Å²) in [4.78, 5) is 13.0. The van der Waals surface area contributed by atoms with E-state index in [9.17, 15) is 0 Å². The van der Waals surface area contributed by atoms with Gasteiger partial charge in [-0.25, -0.2) is 9.97 Å². The summed E-state index contributed by atoms with van der Waals surface area (Å²) in [6.45, 7) is 1.95. The van der Waals surface area contributed by atoms with Gasteiger partial charge in [0.2, 0.25) is 0 Å². The van der Waals surface area contributed by atoms with Crippen molar-refractivity contribution in [1.82, 2.24) is 15.0 Å². The van der Waals surface area contributed by atoms with Crippen LogP contribution in [0.1, 0.15) is 17.1 Å². The van der Waals surface area contributed by atoms with E-state index in [-0.39, 0.29) is 0 Å². The second-order valence-electron chi connectivity index (χ2n) is 4.50. The van der Waals surface area contributed by atoms with E-state index in [1.807, 2.05) is 43.5 Å². The van der Waals surface area contributed by atoms with E-state index in [1.165, 1.54) is 0 Å². The molecule has 0 amide bonds. The first-order valence-electron chi connectivity index (χ1n) is 6.24. The molecule has 98 valence electrons. The standard InChI is InChI=1S/C16H12BrN3/c1-11-6-7-18-16(20-11)5-2-12-8-13-9-14(17)3-4-15(13)19-10-12/h2-10H,1H3. The Labute approximate surface area is 125 Å². The summed E-state index contributed by atoms with van der Waals surface area (Å²) in [5.74, 6) is 0.708. The van der Waals surface area contributed by atoms with Crippen molar-refractivity contribution in [3.05, 3.63) is 64.3 Å². The highest BCUT2D eigenvalue weighted by atomic mass is 79.9. The summed E-state index contributed by atoms with van der Waals surface area (Å²) in [7, 11) is 0. The Hall–Kier alpha value is -2.07. The minimum absolute atomic E-state index is 0.708. The molecule has 20 heavy (non-hydrogen) atoms. The number of aryl methyl sites for hydroxylation is 1. The van der Waals surface area contributed by atoms with Crippen LogP contribution < -0.4 is 0 Å². The largest absolute Gasteiger partial charge is 0.256 e. The molecule has 0 fully saturated rings. The highest BCUT2D eigenvalue weighted by molar-refractivity contribution is 9.10. The molecule has 4 heteroatoms. The minimum atomic E-state index is 0.708. The normalized spacial score (nSPS) is 11.3. The Kier molecular flexibility index (Phi) is 3.56. The molecule has 0 atom stereocenters. The maximum atomic E-state index is 4.44. The van der Waals surface area contributed by atoms with Crippen molar-refractivity contribution in [2.45, 2.75) is 6.92 Å². The number of nitrogens with zero attached hydrogens (tertiary/aromatic N) is 3. The fourth-order valence-electron chi connectivity index (χ4n) is 1.93. The monoisotopic (exact) mass is 325 g/mol. The SMILES string of the molecule is Cc1ccnc(C=Cc2cnc3ccc(Br)cc3c2)n1. The first-order valence-corrected chi connectivity index (χ1v) is 7.03. The van der Waals surface area contributed by atoms with Gasteiger partial charge in [-0.2, -0.15) is 0 Å². The van der Waals surface area contributed by atoms with Crippen molar-refractivity contribution in [2.24, 2.45) is 0 Å². The molecule has 1 aromatic carbocycles. The molecule has 2 heterocycles. The molecule has 0 aliphatic carbocycles. The Balaban J connectivity index is 1.94. The molecule has 0 bridgehead atoms. The van der Waals surface area contributed by atoms with E-state index >= 15 is 0 Å². The first kappa shape index (κ1) is 12.9. The number of hydrogen-bond donors (Lipinski definition) is 0. The predicted molar refractivity (Wildman–Crippen MR) is 85.1 cm³/mol. The zero-order valence-corrected chi connectivity index (χ0v) is 12.5. The summed E-state index contributed by atoms with van der Waals surface area (Å²) in [6.07, 6.45) is 7.48. The molecule has 3 aromatic rings. The van der Waals surface area contributed by atoms with Gasteiger partial charge < -0.3 is 0 Å². The molecule has 3 rings (SSSR count). The third-order valence-corrected chi connectivity index (χ3v) is 3.40. The molecule has 0 aliphatic rings. The molecule has 0 saturated heterocycles. The summed E-state index contributed by atoms with van der Waals surface area (Å²) in [6, 6.07) is 10.0. The van der Waals surface area contributed by atoms with Gasteiger partial charge in [0.05, 0.1) is 5.52 Å². The van der Waals surface area contributed by atoms with Crippen LogP contribution in [0, 0.1) is 6.92 Å². The van der Waals surface area contributed by atoms with Crippen LogP contribution in [0.15, 0.2) is 47.2 Å². The molecule has 0 radical (unpaired) electrons. The van der Waals surface area contributed by atoms with Crippen LogP contribution in [0.5, 0.6) is 0 Å². The molecular formula is C16H12BrN3. The summed E-state index contributed by atoms with van der Waals surface area (Å²) >= 11 is 3.47. The van der Waals surface area contributed by atoms with Crippen molar-refractivity contribution >= 4 is 39.0 Å². The Morgan fingerprint density at radius 3 is 2.80 bits per heavy atom. The summed E-state index contributed by atoms with van der Waals surface area (Å²) in [5, 5.41) is 1.10. The first-order chi connectivity index (χ1) is 9.70. The van der Waals surface area contributed by atoms with Crippen LogP contribution in [0.3, 0.4) is 0 Å². The van der Waals surface area contributed by atoms with Gasteiger partial charge in [0.1, 0.15) is 0 Å². The molecular weight excluding hydrogens is 314 g/mol. The van der Waals surface area contributed by atoms with Crippen molar-refractivity contribution in [3.8, 4) is 0 Å². The molecule has 2 aromatic heterocycles. The third-order valence-electron chi connectivity index (χ3n) is 2.90. The van der Waals surface area contributed by atoms with Crippen LogP contribution in [0.2, 0.25) is 0 Å². The van der Waals surface area contributed by atoms with E-state index in [0.717, 1.165) is 26.6 Å². The smallest absolute Gasteiger partial charge is 0.152 e. The number of benzene rings is 1. The third kappa shape index (κ3) is 2.91. The Morgan fingerprint density at radius 1 is 1.05 bits per heavy atom.